The minimum absolute atomic E-state index is 0.0498. The molecule has 0 aromatic rings. The molecule has 0 atom stereocenters. The minimum Gasteiger partial charge on any atom is -0.384 e. The summed E-state index contributed by atoms with van der Waals surface area (Å²) in [6.45, 7) is 0.288. The topological polar surface area (TPSA) is 90.9 Å². The van der Waals surface area contributed by atoms with Gasteiger partial charge in [0, 0.05) is 0 Å². The van der Waals surface area contributed by atoms with Gasteiger partial charge in [0.05, 0.1) is 6.67 Å². The lowest BCUT2D eigenvalue weighted by molar-refractivity contribution is -0.117. The summed E-state index contributed by atoms with van der Waals surface area (Å²) in [6.07, 6.45) is 0. The Balaban J connectivity index is 2.98. The summed E-state index contributed by atoms with van der Waals surface area (Å²) < 4.78 is 0. The van der Waals surface area contributed by atoms with Crippen LogP contribution < -0.4 is 16.4 Å². The van der Waals surface area contributed by atoms with Gasteiger partial charge in [0.25, 0.3) is 5.91 Å². The van der Waals surface area contributed by atoms with Gasteiger partial charge in [0.2, 0.25) is 0 Å². The first-order valence-electron chi connectivity index (χ1n) is 2.67. The number of rotatable bonds is 0. The van der Waals surface area contributed by atoms with Crippen LogP contribution >= 0.6 is 0 Å². The number of nitrogens with one attached hydrogen (secondary N) is 2. The van der Waals surface area contributed by atoms with E-state index in [2.05, 4.69) is 10.6 Å². The van der Waals surface area contributed by atoms with Crippen molar-refractivity contribution in [2.75, 3.05) is 6.67 Å². The van der Waals surface area contributed by atoms with E-state index in [0.717, 1.165) is 0 Å². The molecule has 4 N–H and O–H groups in total. The number of carbonyl (C=O) groups excluding carboxylic acids is 1. The number of nitrogens with two attached hydrogens (primary N) is 1. The number of carbonyl (C=O) groups is 1. The van der Waals surface area contributed by atoms with E-state index in [0.29, 0.717) is 0 Å². The molecule has 1 aliphatic heterocycles. The molecule has 1 amide bonds. The van der Waals surface area contributed by atoms with Crippen LogP contribution in [0.4, 0.5) is 0 Å². The van der Waals surface area contributed by atoms with E-state index in [9.17, 15) is 4.79 Å². The lowest BCUT2D eigenvalue weighted by atomic mass is 10.2. The average Bonchev–Trinajstić information content (AvgIpc) is 1.88. The van der Waals surface area contributed by atoms with Crippen molar-refractivity contribution >= 4 is 5.91 Å². The van der Waals surface area contributed by atoms with Crippen molar-refractivity contribution in [1.29, 1.82) is 5.26 Å². The third kappa shape index (κ3) is 0.865. The fourth-order valence-electron chi connectivity index (χ4n) is 0.630. The van der Waals surface area contributed by atoms with Crippen molar-refractivity contribution in [3.05, 3.63) is 11.4 Å². The molecule has 5 heteroatoms. The van der Waals surface area contributed by atoms with Gasteiger partial charge < -0.3 is 16.4 Å². The maximum Gasteiger partial charge on any atom is 0.267 e. The second kappa shape index (κ2) is 2.27. The van der Waals surface area contributed by atoms with Gasteiger partial charge in [0.15, 0.2) is 5.57 Å². The predicted octanol–water partition coefficient (Wildman–Crippen LogP) is -1.64. The van der Waals surface area contributed by atoms with Crippen molar-refractivity contribution in [3.8, 4) is 6.07 Å². The van der Waals surface area contributed by atoms with Crippen LogP contribution in [0.1, 0.15) is 0 Å². The number of nitriles is 1. The van der Waals surface area contributed by atoms with E-state index in [4.69, 9.17) is 11.0 Å². The van der Waals surface area contributed by atoms with Crippen LogP contribution in [0.3, 0.4) is 0 Å². The quantitative estimate of drug-likeness (QED) is 0.374. The van der Waals surface area contributed by atoms with Crippen LogP contribution in [0.15, 0.2) is 11.4 Å². The Bertz CT molecular complexity index is 237. The maximum atomic E-state index is 10.7. The maximum absolute atomic E-state index is 10.7. The zero-order valence-corrected chi connectivity index (χ0v) is 5.14. The Morgan fingerprint density at radius 2 is 2.30 bits per heavy atom. The molecule has 0 radical (unpaired) electrons. The van der Waals surface area contributed by atoms with E-state index >= 15 is 0 Å². The van der Waals surface area contributed by atoms with Gasteiger partial charge in [-0.2, -0.15) is 5.26 Å². The fraction of sp³-hybridized carbons (Fsp3) is 0.200. The molecule has 1 heterocycles. The van der Waals surface area contributed by atoms with E-state index in [1.165, 1.54) is 0 Å². The Labute approximate surface area is 57.5 Å². The van der Waals surface area contributed by atoms with Crippen LogP contribution in [-0.2, 0) is 4.79 Å². The van der Waals surface area contributed by atoms with Gasteiger partial charge >= 0.3 is 0 Å². The summed E-state index contributed by atoms with van der Waals surface area (Å²) in [6, 6.07) is 1.68. The van der Waals surface area contributed by atoms with Gasteiger partial charge in [-0.1, -0.05) is 0 Å². The van der Waals surface area contributed by atoms with Crippen molar-refractivity contribution in [2.45, 2.75) is 0 Å². The third-order valence-corrected chi connectivity index (χ3v) is 1.14. The monoisotopic (exact) mass is 138 g/mol. The third-order valence-electron chi connectivity index (χ3n) is 1.14. The number of nitrogens with zero attached hydrogens (tertiary/aromatic N) is 1. The van der Waals surface area contributed by atoms with Crippen molar-refractivity contribution in [1.82, 2.24) is 10.6 Å². The van der Waals surface area contributed by atoms with Crippen molar-refractivity contribution in [2.24, 2.45) is 5.73 Å². The number of hydrogen-bond acceptors (Lipinski definition) is 4. The molecule has 0 bridgehead atoms. The van der Waals surface area contributed by atoms with Crippen LogP contribution in [-0.4, -0.2) is 12.6 Å². The highest BCUT2D eigenvalue weighted by Gasteiger charge is 2.16. The van der Waals surface area contributed by atoms with Gasteiger partial charge in [0.1, 0.15) is 11.9 Å². The zero-order valence-electron chi connectivity index (χ0n) is 5.14. The normalized spacial score (nSPS) is 17.3. The minimum atomic E-state index is -0.418. The molecular formula is C5H6N4O. The molecule has 0 saturated heterocycles. The summed E-state index contributed by atoms with van der Waals surface area (Å²) in [5.74, 6) is -0.273. The average molecular weight is 138 g/mol. The first kappa shape index (κ1) is 6.42. The van der Waals surface area contributed by atoms with Crippen LogP contribution in [0.2, 0.25) is 0 Å². The molecule has 1 aliphatic rings. The molecular weight excluding hydrogens is 132 g/mol. The lowest BCUT2D eigenvalue weighted by Gasteiger charge is -2.14. The van der Waals surface area contributed by atoms with Crippen LogP contribution in [0, 0.1) is 11.3 Å². The van der Waals surface area contributed by atoms with Crippen molar-refractivity contribution < 1.29 is 4.79 Å². The molecule has 0 unspecified atom stereocenters. The van der Waals surface area contributed by atoms with Gasteiger partial charge in [-0.25, -0.2) is 0 Å². The molecule has 0 aliphatic carbocycles. The SMILES string of the molecule is N#CC1=C(N)NCNC1=O. The highest BCUT2D eigenvalue weighted by Crippen LogP contribution is 1.97. The van der Waals surface area contributed by atoms with E-state index in [1.807, 2.05) is 0 Å². The second-order valence-electron chi connectivity index (χ2n) is 1.76. The van der Waals surface area contributed by atoms with E-state index in [1.54, 1.807) is 6.07 Å². The zero-order chi connectivity index (χ0) is 7.56. The Hall–Kier alpha value is -1.70. The molecule has 0 spiro atoms. The molecule has 0 fully saturated rings. The highest BCUT2D eigenvalue weighted by atomic mass is 16.1. The molecule has 0 saturated carbocycles. The first-order valence-corrected chi connectivity index (χ1v) is 2.67. The summed E-state index contributed by atoms with van der Waals surface area (Å²) in [5.41, 5.74) is 5.22. The largest absolute Gasteiger partial charge is 0.384 e. The summed E-state index contributed by atoms with van der Waals surface area (Å²) in [5, 5.41) is 13.4. The highest BCUT2D eigenvalue weighted by molar-refractivity contribution is 5.98. The molecule has 52 valence electrons. The summed E-state index contributed by atoms with van der Waals surface area (Å²) in [7, 11) is 0. The number of hydrogen-bond donors (Lipinski definition) is 3. The predicted molar refractivity (Wildman–Crippen MR) is 33.0 cm³/mol. The van der Waals surface area contributed by atoms with Crippen molar-refractivity contribution in [3.63, 3.8) is 0 Å². The van der Waals surface area contributed by atoms with Crippen LogP contribution in [0.5, 0.6) is 0 Å². The smallest absolute Gasteiger partial charge is 0.267 e. The van der Waals surface area contributed by atoms with Crippen LogP contribution in [0.25, 0.3) is 0 Å². The second-order valence-corrected chi connectivity index (χ2v) is 1.76. The Morgan fingerprint density at radius 1 is 1.60 bits per heavy atom. The van der Waals surface area contributed by atoms with Gasteiger partial charge in [-0.15, -0.1) is 0 Å². The van der Waals surface area contributed by atoms with Gasteiger partial charge in [-0.05, 0) is 0 Å². The Morgan fingerprint density at radius 3 is 2.70 bits per heavy atom. The fourth-order valence-corrected chi connectivity index (χ4v) is 0.630. The number of amides is 1. The van der Waals surface area contributed by atoms with E-state index < -0.39 is 5.91 Å². The van der Waals surface area contributed by atoms with E-state index in [-0.39, 0.29) is 18.1 Å². The molecule has 10 heavy (non-hydrogen) atoms. The first-order chi connectivity index (χ1) is 4.75. The van der Waals surface area contributed by atoms with Gasteiger partial charge in [-0.3, -0.25) is 4.79 Å². The summed E-state index contributed by atoms with van der Waals surface area (Å²) in [4.78, 5) is 10.7. The molecule has 1 rings (SSSR count). The standard InChI is InChI=1S/C5H6N4O/c6-1-3-4(7)8-2-9-5(3)10/h8H,2,7H2,(H,9,10). The molecule has 0 aromatic heterocycles. The summed E-state index contributed by atoms with van der Waals surface area (Å²) >= 11 is 0. The lowest BCUT2D eigenvalue weighted by Crippen LogP contribution is -2.43. The molecule has 5 nitrogen and oxygen atoms in total. The molecule has 0 aromatic carbocycles. The Kier molecular flexibility index (Phi) is 1.46.